The van der Waals surface area contributed by atoms with E-state index in [9.17, 15) is 9.59 Å². The summed E-state index contributed by atoms with van der Waals surface area (Å²) in [6.07, 6.45) is 11.4. The van der Waals surface area contributed by atoms with Gasteiger partial charge in [0, 0.05) is 47.8 Å². The van der Waals surface area contributed by atoms with Crippen molar-refractivity contribution in [1.29, 1.82) is 0 Å². The Morgan fingerprint density at radius 1 is 1.00 bits per heavy atom. The summed E-state index contributed by atoms with van der Waals surface area (Å²) in [7, 11) is 1.67. The van der Waals surface area contributed by atoms with Gasteiger partial charge in [0.2, 0.25) is 5.91 Å². The Balaban J connectivity index is 1.18. The van der Waals surface area contributed by atoms with Gasteiger partial charge in [-0.3, -0.25) is 14.7 Å². The number of carbonyl (C=O) groups excluding carboxylic acids is 1. The second-order valence-corrected chi connectivity index (χ2v) is 12.4. The molecule has 0 radical (unpaired) electrons. The van der Waals surface area contributed by atoms with E-state index in [1.807, 2.05) is 30.0 Å². The van der Waals surface area contributed by atoms with Crippen LogP contribution in [-0.4, -0.2) is 51.8 Å². The van der Waals surface area contributed by atoms with E-state index in [-0.39, 0.29) is 17.9 Å². The first-order valence-electron chi connectivity index (χ1n) is 15.6. The maximum Gasteiger partial charge on any atom is 0.404 e. The van der Waals surface area contributed by atoms with Crippen molar-refractivity contribution < 1.29 is 23.8 Å². The first kappa shape index (κ1) is 29.1. The molecule has 6 rings (SSSR count). The summed E-state index contributed by atoms with van der Waals surface area (Å²) >= 11 is 0. The van der Waals surface area contributed by atoms with E-state index >= 15 is 0 Å². The van der Waals surface area contributed by atoms with Gasteiger partial charge in [0.15, 0.2) is 5.89 Å². The van der Waals surface area contributed by atoms with E-state index in [0.717, 1.165) is 72.8 Å². The molecule has 0 spiro atoms. The van der Waals surface area contributed by atoms with Gasteiger partial charge in [-0.05, 0) is 101 Å². The number of oxazole rings is 1. The smallest absolute Gasteiger partial charge is 0.404 e. The number of hydrogen-bond acceptors (Lipinski definition) is 7. The average Bonchev–Trinajstić information content (AvgIpc) is 3.76. The lowest BCUT2D eigenvalue weighted by molar-refractivity contribution is -0.123. The predicted octanol–water partition coefficient (Wildman–Crippen LogP) is 6.46. The van der Waals surface area contributed by atoms with Gasteiger partial charge in [-0.25, -0.2) is 14.8 Å². The lowest BCUT2D eigenvalue weighted by atomic mass is 9.79. The molecule has 228 valence electrons. The minimum absolute atomic E-state index is 0.0758. The number of anilines is 1. The molecule has 2 amide bonds. The summed E-state index contributed by atoms with van der Waals surface area (Å²) in [6.45, 7) is 2.59. The van der Waals surface area contributed by atoms with Crippen molar-refractivity contribution in [2.45, 2.75) is 89.0 Å². The summed E-state index contributed by atoms with van der Waals surface area (Å²) in [6, 6.07) is 7.86. The molecule has 0 unspecified atom stereocenters. The third-order valence-electron chi connectivity index (χ3n) is 9.42. The molecule has 0 aromatic carbocycles. The highest BCUT2D eigenvalue weighted by Crippen LogP contribution is 2.41. The van der Waals surface area contributed by atoms with Crippen LogP contribution in [0.25, 0.3) is 11.3 Å². The van der Waals surface area contributed by atoms with Crippen LogP contribution < -0.4 is 15.0 Å². The van der Waals surface area contributed by atoms with Crippen molar-refractivity contribution >= 4 is 17.8 Å². The molecule has 43 heavy (non-hydrogen) atoms. The molecule has 3 aromatic heterocycles. The number of ether oxygens (including phenoxy) is 1. The molecule has 10 heteroatoms. The van der Waals surface area contributed by atoms with Gasteiger partial charge < -0.3 is 19.6 Å². The highest BCUT2D eigenvalue weighted by molar-refractivity contribution is 5.94. The lowest BCUT2D eigenvalue weighted by Crippen LogP contribution is -2.44. The van der Waals surface area contributed by atoms with Crippen molar-refractivity contribution in [3.8, 4) is 17.0 Å². The van der Waals surface area contributed by atoms with Crippen LogP contribution in [0.5, 0.6) is 5.75 Å². The quantitative estimate of drug-likeness (QED) is 0.292. The van der Waals surface area contributed by atoms with Gasteiger partial charge in [0.25, 0.3) is 0 Å². The van der Waals surface area contributed by atoms with Crippen molar-refractivity contribution in [1.82, 2.24) is 20.3 Å². The molecule has 3 aromatic rings. The molecule has 3 saturated carbocycles. The number of nitrogens with zero attached hydrogens (tertiary/aromatic N) is 4. The van der Waals surface area contributed by atoms with E-state index in [2.05, 4.69) is 16.4 Å². The van der Waals surface area contributed by atoms with Crippen LogP contribution in [-0.2, 0) is 4.79 Å². The SMILES string of the molecule is COc1ccc(C2CCC(CN(C(=O)C3CCC(NC(=O)O)CC3)c3cc(-c4coc(C5CC5)n4)ccn3)CC2)nc1C. The van der Waals surface area contributed by atoms with Crippen molar-refractivity contribution in [2.24, 2.45) is 11.8 Å². The van der Waals surface area contributed by atoms with Gasteiger partial charge in [-0.2, -0.15) is 0 Å². The van der Waals surface area contributed by atoms with Crippen LogP contribution in [0.3, 0.4) is 0 Å². The zero-order valence-electron chi connectivity index (χ0n) is 25.0. The molecule has 0 saturated heterocycles. The molecule has 3 aliphatic rings. The summed E-state index contributed by atoms with van der Waals surface area (Å²) in [5.41, 5.74) is 3.68. The second-order valence-electron chi connectivity index (χ2n) is 12.4. The van der Waals surface area contributed by atoms with Gasteiger partial charge in [0.05, 0.1) is 12.8 Å². The Morgan fingerprint density at radius 2 is 1.74 bits per heavy atom. The molecule has 3 fully saturated rings. The zero-order chi connectivity index (χ0) is 29.9. The third-order valence-corrected chi connectivity index (χ3v) is 9.42. The molecular weight excluding hydrogens is 546 g/mol. The van der Waals surface area contributed by atoms with Crippen molar-refractivity contribution in [2.75, 3.05) is 18.6 Å². The highest BCUT2D eigenvalue weighted by atomic mass is 16.5. The van der Waals surface area contributed by atoms with Crippen molar-refractivity contribution in [3.05, 3.63) is 54.0 Å². The Kier molecular flexibility index (Phi) is 8.63. The van der Waals surface area contributed by atoms with Crippen LogP contribution in [0.2, 0.25) is 0 Å². The van der Waals surface area contributed by atoms with Crippen molar-refractivity contribution in [3.63, 3.8) is 0 Å². The highest BCUT2D eigenvalue weighted by Gasteiger charge is 2.34. The van der Waals surface area contributed by atoms with E-state index in [1.165, 1.54) is 0 Å². The topological polar surface area (TPSA) is 131 Å². The number of carboxylic acid groups (broad SMARTS) is 1. The number of nitrogens with one attached hydrogen (secondary N) is 1. The molecular formula is C33H41N5O5. The van der Waals surface area contributed by atoms with Gasteiger partial charge in [-0.15, -0.1) is 0 Å². The van der Waals surface area contributed by atoms with Gasteiger partial charge in [-0.1, -0.05) is 0 Å². The predicted molar refractivity (Wildman–Crippen MR) is 161 cm³/mol. The fourth-order valence-electron chi connectivity index (χ4n) is 6.75. The number of aryl methyl sites for hydroxylation is 1. The fraction of sp³-hybridized carbons (Fsp3) is 0.545. The minimum Gasteiger partial charge on any atom is -0.495 e. The number of aromatic nitrogens is 3. The third kappa shape index (κ3) is 6.84. The number of carbonyl (C=O) groups is 2. The fourth-order valence-corrected chi connectivity index (χ4v) is 6.75. The normalized spacial score (nSPS) is 23.9. The first-order valence-corrected chi connectivity index (χ1v) is 15.6. The first-order chi connectivity index (χ1) is 20.9. The number of pyridine rings is 2. The summed E-state index contributed by atoms with van der Waals surface area (Å²) in [4.78, 5) is 41.4. The molecule has 0 aliphatic heterocycles. The van der Waals surface area contributed by atoms with Crippen LogP contribution in [0.15, 0.2) is 41.1 Å². The number of rotatable bonds is 9. The number of hydrogen-bond donors (Lipinski definition) is 2. The standard InChI is InChI=1S/C33H41N5O5/c1-20-29(42-2)14-13-27(35-20)22-5-3-21(4-6-22)18-38(32(39)24-9-11-26(12-10-24)36-33(40)41)30-17-25(15-16-34-30)28-19-43-31(37-28)23-7-8-23/h13-17,19,21-24,26,36H,3-12,18H2,1-2H3,(H,40,41). The Hall–Kier alpha value is -3.95. The summed E-state index contributed by atoms with van der Waals surface area (Å²) < 4.78 is 11.1. The molecule has 0 atom stereocenters. The van der Waals surface area contributed by atoms with Crippen LogP contribution in [0.4, 0.5) is 10.6 Å². The summed E-state index contributed by atoms with van der Waals surface area (Å²) in [5, 5.41) is 11.7. The van der Waals surface area contributed by atoms with E-state index in [0.29, 0.717) is 55.8 Å². The number of methoxy groups -OCH3 is 1. The maximum atomic E-state index is 14.1. The summed E-state index contributed by atoms with van der Waals surface area (Å²) in [5.74, 6) is 3.32. The Bertz CT molecular complexity index is 1440. The van der Waals surface area contributed by atoms with Gasteiger partial charge >= 0.3 is 6.09 Å². The van der Waals surface area contributed by atoms with Crippen LogP contribution in [0, 0.1) is 18.8 Å². The molecule has 3 heterocycles. The Labute approximate surface area is 252 Å². The Morgan fingerprint density at radius 3 is 2.42 bits per heavy atom. The molecule has 3 aliphatic carbocycles. The zero-order valence-corrected chi connectivity index (χ0v) is 25.0. The maximum absolute atomic E-state index is 14.1. The van der Waals surface area contributed by atoms with E-state index < -0.39 is 6.09 Å². The van der Waals surface area contributed by atoms with E-state index in [4.69, 9.17) is 24.2 Å². The molecule has 2 N–H and O–H groups in total. The molecule has 10 nitrogen and oxygen atoms in total. The van der Waals surface area contributed by atoms with Crippen LogP contribution in [0.1, 0.15) is 93.3 Å². The average molecular weight is 588 g/mol. The largest absolute Gasteiger partial charge is 0.495 e. The lowest BCUT2D eigenvalue weighted by Gasteiger charge is -2.35. The minimum atomic E-state index is -1.01. The molecule has 0 bridgehead atoms. The second kappa shape index (κ2) is 12.7. The van der Waals surface area contributed by atoms with Gasteiger partial charge in [0.1, 0.15) is 23.5 Å². The monoisotopic (exact) mass is 587 g/mol. The number of amides is 2. The van der Waals surface area contributed by atoms with Crippen LogP contribution >= 0.6 is 0 Å². The van der Waals surface area contributed by atoms with E-state index in [1.54, 1.807) is 19.6 Å².